The van der Waals surface area contributed by atoms with Crippen LogP contribution >= 0.6 is 19.3 Å². The van der Waals surface area contributed by atoms with Gasteiger partial charge >= 0.3 is 13.7 Å². The van der Waals surface area contributed by atoms with E-state index in [4.69, 9.17) is 42.3 Å². The number of para-hydroxylation sites is 1. The average molecular weight is 594 g/mol. The molecule has 3 aromatic rings. The summed E-state index contributed by atoms with van der Waals surface area (Å²) in [7, 11) is -4.27. The van der Waals surface area contributed by atoms with E-state index in [1.165, 1.54) is 23.8 Å². The van der Waals surface area contributed by atoms with Crippen LogP contribution in [-0.4, -0.2) is 61.4 Å². The number of aliphatic hydroxyl groups excluding tert-OH is 1. The van der Waals surface area contributed by atoms with Gasteiger partial charge in [-0.2, -0.15) is 10.1 Å². The molecule has 13 nitrogen and oxygen atoms in total. The number of aromatic nitrogens is 3. The Hall–Kier alpha value is -3.37. The van der Waals surface area contributed by atoms with Crippen molar-refractivity contribution >= 4 is 42.3 Å². The van der Waals surface area contributed by atoms with Gasteiger partial charge in [0.2, 0.25) is 5.95 Å². The first-order chi connectivity index (χ1) is 18.9. The summed E-state index contributed by atoms with van der Waals surface area (Å²) in [5.74, 6) is 1.71. The molecule has 1 aliphatic rings. The number of aliphatic hydroxyl groups is 1. The predicted octanol–water partition coefficient (Wildman–Crippen LogP) is 2.31. The van der Waals surface area contributed by atoms with Gasteiger partial charge in [0.1, 0.15) is 24.0 Å². The molecule has 0 amide bonds. The first kappa shape index (κ1) is 29.6. The van der Waals surface area contributed by atoms with Crippen molar-refractivity contribution in [2.24, 2.45) is 0 Å². The number of nitrogens with zero attached hydrogens (tertiary/aromatic N) is 2. The van der Waals surface area contributed by atoms with E-state index in [-0.39, 0.29) is 22.7 Å². The molecule has 0 aliphatic carbocycles. The van der Waals surface area contributed by atoms with Crippen molar-refractivity contribution in [2.45, 2.75) is 56.2 Å². The van der Waals surface area contributed by atoms with Gasteiger partial charge in [0.25, 0.3) is 5.56 Å². The topological polar surface area (TPSA) is 180 Å². The van der Waals surface area contributed by atoms with Crippen LogP contribution < -0.4 is 20.9 Å². The molecule has 6 atom stereocenters. The molecule has 3 unspecified atom stereocenters. The summed E-state index contributed by atoms with van der Waals surface area (Å²) in [5, 5.41) is 13.8. The number of esters is 1. The zero-order chi connectivity index (χ0) is 29.2. The molecule has 4 rings (SSSR count). The van der Waals surface area contributed by atoms with E-state index >= 15 is 0 Å². The molecule has 0 saturated carbocycles. The number of hydrogen-bond donors (Lipinski definition) is 4. The van der Waals surface area contributed by atoms with Crippen LogP contribution in [-0.2, 0) is 23.4 Å². The minimum Gasteiger partial charge on any atom is -0.462 e. The van der Waals surface area contributed by atoms with E-state index in [9.17, 15) is 19.3 Å². The fourth-order valence-electron chi connectivity index (χ4n) is 4.07. The lowest BCUT2D eigenvalue weighted by Gasteiger charge is -2.26. The Kier molecular flexibility index (Phi) is 8.60. The molecule has 0 spiro atoms. The van der Waals surface area contributed by atoms with Crippen LogP contribution in [0.25, 0.3) is 11.0 Å². The van der Waals surface area contributed by atoms with Crippen LogP contribution in [0.3, 0.4) is 0 Å². The lowest BCUT2D eigenvalue weighted by molar-refractivity contribution is -0.149. The second-order valence-electron chi connectivity index (χ2n) is 9.33. The zero-order valence-electron chi connectivity index (χ0n) is 21.8. The van der Waals surface area contributed by atoms with Gasteiger partial charge in [-0.1, -0.05) is 35.7 Å². The SMILES string of the molecule is C#CC1(Cl)C(O)[C@@H](COP(=O)(N[C@@H](C)C(=O)OC(C)C)Oc2ccccc2)O[C@H]1n1ccc2c(=O)[nH]c(N)nc21. The molecular weight excluding hydrogens is 565 g/mol. The molecular formula is C25H29ClN5O8P. The summed E-state index contributed by atoms with van der Waals surface area (Å²) in [6, 6.07) is 8.53. The van der Waals surface area contributed by atoms with Crippen molar-refractivity contribution < 1.29 is 33.0 Å². The average Bonchev–Trinajstić information content (AvgIpc) is 3.42. The Bertz CT molecular complexity index is 1520. The van der Waals surface area contributed by atoms with Gasteiger partial charge in [0.15, 0.2) is 16.7 Å². The van der Waals surface area contributed by atoms with Gasteiger partial charge < -0.3 is 29.4 Å². The molecule has 2 aromatic heterocycles. The van der Waals surface area contributed by atoms with Crippen LogP contribution in [0.5, 0.6) is 5.75 Å². The smallest absolute Gasteiger partial charge is 0.459 e. The molecule has 1 fully saturated rings. The number of alkyl halides is 1. The van der Waals surface area contributed by atoms with Crippen LogP contribution in [0.4, 0.5) is 5.95 Å². The first-order valence-corrected chi connectivity index (χ1v) is 14.1. The van der Waals surface area contributed by atoms with E-state index in [1.807, 2.05) is 0 Å². The van der Waals surface area contributed by atoms with E-state index in [2.05, 4.69) is 21.0 Å². The highest BCUT2D eigenvalue weighted by Gasteiger charge is 2.56. The number of nitrogens with one attached hydrogen (secondary N) is 2. The standard InChI is InChI=1S/C25H29ClN5O8P/c1-5-25(26)19(32)18(38-23(25)31-12-11-17-20(31)28-24(27)29-21(17)33)13-36-40(35,39-16-9-7-6-8-10-16)30-15(4)22(34)37-14(2)3/h1,6-12,14-15,18-19,23,32H,13H2,2-4H3,(H,30,35)(H3,27,28,29,33)/t15-,18+,19?,23+,25?,40?/m0/s1. The summed E-state index contributed by atoms with van der Waals surface area (Å²) >= 11 is 6.68. The van der Waals surface area contributed by atoms with Gasteiger partial charge in [0, 0.05) is 6.20 Å². The van der Waals surface area contributed by atoms with E-state index in [1.54, 1.807) is 44.2 Å². The lowest BCUT2D eigenvalue weighted by Crippen LogP contribution is -2.42. The summed E-state index contributed by atoms with van der Waals surface area (Å²) in [5.41, 5.74) is 5.34. The van der Waals surface area contributed by atoms with Crippen LogP contribution in [0.2, 0.25) is 0 Å². The highest BCUT2D eigenvalue weighted by Crippen LogP contribution is 2.48. The Labute approximate surface area is 234 Å². The van der Waals surface area contributed by atoms with Crippen molar-refractivity contribution in [3.8, 4) is 18.1 Å². The summed E-state index contributed by atoms with van der Waals surface area (Å²) in [6.45, 7) is 4.26. The first-order valence-electron chi connectivity index (χ1n) is 12.2. The number of rotatable bonds is 10. The third kappa shape index (κ3) is 6.02. The molecule has 1 aromatic carbocycles. The highest BCUT2D eigenvalue weighted by molar-refractivity contribution is 7.52. The number of carbonyl (C=O) groups excluding carboxylic acids is 1. The number of fused-ring (bicyclic) bond motifs is 1. The fourth-order valence-corrected chi connectivity index (χ4v) is 5.87. The number of nitrogen functional groups attached to an aromatic ring is 1. The summed E-state index contributed by atoms with van der Waals surface area (Å²) in [6.07, 6.45) is 2.79. The number of hydrogen-bond acceptors (Lipinski definition) is 10. The van der Waals surface area contributed by atoms with Gasteiger partial charge in [-0.15, -0.1) is 6.42 Å². The Morgan fingerprint density at radius 3 is 2.73 bits per heavy atom. The fraction of sp³-hybridized carbons (Fsp3) is 0.400. The second-order valence-corrected chi connectivity index (χ2v) is 11.6. The predicted molar refractivity (Wildman–Crippen MR) is 147 cm³/mol. The molecule has 214 valence electrons. The summed E-state index contributed by atoms with van der Waals surface area (Å²) in [4.78, 5) is 29.4. The van der Waals surface area contributed by atoms with E-state index in [0.29, 0.717) is 0 Å². The number of carbonyl (C=O) groups is 1. The third-order valence-corrected chi connectivity index (χ3v) is 8.12. The van der Waals surface area contributed by atoms with Crippen molar-refractivity contribution in [3.63, 3.8) is 0 Å². The number of terminal acetylenes is 1. The number of H-pyrrole nitrogens is 1. The minimum absolute atomic E-state index is 0.123. The highest BCUT2D eigenvalue weighted by atomic mass is 35.5. The molecule has 0 bridgehead atoms. The monoisotopic (exact) mass is 593 g/mol. The second kappa shape index (κ2) is 11.6. The molecule has 3 heterocycles. The largest absolute Gasteiger partial charge is 0.462 e. The molecule has 5 N–H and O–H groups in total. The van der Waals surface area contributed by atoms with Crippen LogP contribution in [0.1, 0.15) is 27.0 Å². The normalized spacial score (nSPS) is 24.9. The van der Waals surface area contributed by atoms with Crippen LogP contribution in [0.15, 0.2) is 47.4 Å². The number of nitrogens with two attached hydrogens (primary N) is 1. The zero-order valence-corrected chi connectivity index (χ0v) is 23.5. The van der Waals surface area contributed by atoms with Crippen molar-refractivity contribution in [2.75, 3.05) is 12.3 Å². The maximum absolute atomic E-state index is 13.8. The van der Waals surface area contributed by atoms with Gasteiger partial charge in [-0.05, 0) is 39.0 Å². The van der Waals surface area contributed by atoms with Crippen molar-refractivity contribution in [1.82, 2.24) is 19.6 Å². The van der Waals surface area contributed by atoms with Crippen LogP contribution in [0, 0.1) is 12.3 Å². The van der Waals surface area contributed by atoms with E-state index < -0.39 is 61.3 Å². The number of anilines is 1. The van der Waals surface area contributed by atoms with Crippen molar-refractivity contribution in [3.05, 3.63) is 52.9 Å². The van der Waals surface area contributed by atoms with Gasteiger partial charge in [-0.3, -0.25) is 19.1 Å². The number of aromatic amines is 1. The number of ether oxygens (including phenoxy) is 2. The molecule has 1 saturated heterocycles. The van der Waals surface area contributed by atoms with Gasteiger partial charge in [0.05, 0.1) is 18.1 Å². The van der Waals surface area contributed by atoms with Gasteiger partial charge in [-0.25, -0.2) is 4.57 Å². The summed E-state index contributed by atoms with van der Waals surface area (Å²) < 4.78 is 37.6. The maximum atomic E-state index is 13.8. The molecule has 0 radical (unpaired) electrons. The molecule has 40 heavy (non-hydrogen) atoms. The molecule has 1 aliphatic heterocycles. The van der Waals surface area contributed by atoms with E-state index in [0.717, 1.165) is 0 Å². The number of halogens is 1. The Morgan fingerprint density at radius 2 is 2.08 bits per heavy atom. The molecule has 15 heteroatoms. The third-order valence-electron chi connectivity index (χ3n) is 5.95. The minimum atomic E-state index is -4.27. The Morgan fingerprint density at radius 1 is 1.38 bits per heavy atom. The van der Waals surface area contributed by atoms with Crippen molar-refractivity contribution in [1.29, 1.82) is 0 Å². The lowest BCUT2D eigenvalue weighted by atomic mass is 9.99. The number of benzene rings is 1. The maximum Gasteiger partial charge on any atom is 0.459 e. The Balaban J connectivity index is 1.59. The quantitative estimate of drug-likeness (QED) is 0.117.